The summed E-state index contributed by atoms with van der Waals surface area (Å²) in [4.78, 5) is 29.0. The molecule has 3 aliphatic rings. The van der Waals surface area contributed by atoms with Gasteiger partial charge in [0.05, 0.1) is 22.3 Å². The molecule has 3 heterocycles. The fourth-order valence-corrected chi connectivity index (χ4v) is 5.28. The van der Waals surface area contributed by atoms with Crippen LogP contribution in [0, 0.1) is 0 Å². The van der Waals surface area contributed by atoms with Crippen LogP contribution in [0.3, 0.4) is 0 Å². The third-order valence-electron chi connectivity index (χ3n) is 5.28. The van der Waals surface area contributed by atoms with Crippen LogP contribution in [0.15, 0.2) is 40.2 Å². The molecule has 2 aromatic carbocycles. The maximum Gasteiger partial charge on any atom is 0.257 e. The molecule has 0 saturated heterocycles. The topological polar surface area (TPSA) is 57.2 Å². The molecule has 1 amide bonds. The Morgan fingerprint density at radius 1 is 1.23 bits per heavy atom. The highest BCUT2D eigenvalue weighted by Gasteiger charge is 2.39. The number of hydroxylamine groups is 1. The third-order valence-corrected chi connectivity index (χ3v) is 7.10. The molecule has 162 valence electrons. The van der Waals surface area contributed by atoms with Crippen molar-refractivity contribution < 1.29 is 9.63 Å². The highest BCUT2D eigenvalue weighted by atomic mass is 35.5. The van der Waals surface area contributed by atoms with E-state index in [0.29, 0.717) is 27.7 Å². The van der Waals surface area contributed by atoms with Crippen LogP contribution in [0.2, 0.25) is 10.0 Å². The fraction of sp³-hybridized carbons (Fsp3) is 0.364. The molecule has 3 aliphatic heterocycles. The molecule has 6 nitrogen and oxygen atoms in total. The molecule has 1 atom stereocenters. The first-order chi connectivity index (χ1) is 14.7. The second-order valence-corrected chi connectivity index (χ2v) is 10.7. The predicted octanol–water partition coefficient (Wildman–Crippen LogP) is 5.25. The van der Waals surface area contributed by atoms with Crippen molar-refractivity contribution in [1.29, 1.82) is 0 Å². The number of hydrogen-bond donors (Lipinski definition) is 1. The number of carbonyl (C=O) groups is 1. The van der Waals surface area contributed by atoms with Gasteiger partial charge in [-0.1, -0.05) is 29.3 Å². The molecular formula is C22H22Cl2N4O2S. The second-order valence-electron chi connectivity index (χ2n) is 8.83. The van der Waals surface area contributed by atoms with Gasteiger partial charge in [0.2, 0.25) is 0 Å². The Balaban J connectivity index is 1.47. The number of fused-ring (bicyclic) bond motifs is 4. The van der Waals surface area contributed by atoms with Gasteiger partial charge in [-0.05, 0) is 62.4 Å². The highest BCUT2D eigenvalue weighted by molar-refractivity contribution is 8.14. The van der Waals surface area contributed by atoms with Crippen LogP contribution in [0.1, 0.15) is 48.5 Å². The molecule has 2 aromatic rings. The van der Waals surface area contributed by atoms with E-state index in [0.717, 1.165) is 29.5 Å². The highest BCUT2D eigenvalue weighted by Crippen LogP contribution is 2.44. The summed E-state index contributed by atoms with van der Waals surface area (Å²) in [6.07, 6.45) is -0.608. The van der Waals surface area contributed by atoms with Gasteiger partial charge in [-0.15, -0.1) is 0 Å². The summed E-state index contributed by atoms with van der Waals surface area (Å²) < 4.78 is 0. The smallest absolute Gasteiger partial charge is 0.257 e. The molecule has 0 spiro atoms. The van der Waals surface area contributed by atoms with Crippen molar-refractivity contribution in [1.82, 2.24) is 10.4 Å². The molecule has 5 rings (SSSR count). The first-order valence-electron chi connectivity index (χ1n) is 10.1. The van der Waals surface area contributed by atoms with Crippen molar-refractivity contribution in [2.24, 2.45) is 4.99 Å². The van der Waals surface area contributed by atoms with E-state index in [1.165, 1.54) is 4.90 Å². The van der Waals surface area contributed by atoms with Gasteiger partial charge in [-0.3, -0.25) is 14.6 Å². The summed E-state index contributed by atoms with van der Waals surface area (Å²) in [5.74, 6) is -0.132. The van der Waals surface area contributed by atoms with E-state index in [2.05, 4.69) is 33.6 Å². The van der Waals surface area contributed by atoms with Gasteiger partial charge in [-0.25, -0.2) is 0 Å². The summed E-state index contributed by atoms with van der Waals surface area (Å²) in [6.45, 7) is 8.11. The lowest BCUT2D eigenvalue weighted by atomic mass is 10.1. The van der Waals surface area contributed by atoms with Crippen LogP contribution >= 0.6 is 35.0 Å². The number of amidine groups is 1. The summed E-state index contributed by atoms with van der Waals surface area (Å²) in [5.41, 5.74) is 6.16. The van der Waals surface area contributed by atoms with Crippen LogP contribution in [0.25, 0.3) is 0 Å². The van der Waals surface area contributed by atoms with Crippen LogP contribution in [-0.4, -0.2) is 34.6 Å². The average molecular weight is 477 g/mol. The number of aliphatic imine (C=N–C) groups is 1. The van der Waals surface area contributed by atoms with Gasteiger partial charge >= 0.3 is 0 Å². The quantitative estimate of drug-likeness (QED) is 0.610. The minimum Gasteiger partial charge on any atom is -0.318 e. The lowest BCUT2D eigenvalue weighted by Crippen LogP contribution is -2.40. The van der Waals surface area contributed by atoms with Crippen LogP contribution < -0.4 is 10.4 Å². The number of carbonyl (C=O) groups excluding carboxylic acids is 1. The first-order valence-corrected chi connectivity index (χ1v) is 11.6. The number of hydrogen-bond acceptors (Lipinski definition) is 6. The molecule has 0 radical (unpaired) electrons. The SMILES string of the molecule is CC(C)(C)NOC1c2cc(Cl)c(Cl)cc2C(=O)N1Cc1ccc2c(c1)N1CCN=C1S2. The van der Waals surface area contributed by atoms with Gasteiger partial charge in [-0.2, -0.15) is 5.48 Å². The van der Waals surface area contributed by atoms with E-state index in [1.54, 1.807) is 28.8 Å². The Morgan fingerprint density at radius 2 is 2.00 bits per heavy atom. The molecular weight excluding hydrogens is 455 g/mol. The van der Waals surface area contributed by atoms with Crippen LogP contribution in [0.4, 0.5) is 5.69 Å². The van der Waals surface area contributed by atoms with Crippen LogP contribution in [0.5, 0.6) is 0 Å². The monoisotopic (exact) mass is 476 g/mol. The van der Waals surface area contributed by atoms with Crippen molar-refractivity contribution in [2.75, 3.05) is 18.0 Å². The van der Waals surface area contributed by atoms with E-state index in [1.807, 2.05) is 20.8 Å². The van der Waals surface area contributed by atoms with Gasteiger partial charge in [0.25, 0.3) is 5.91 Å². The zero-order valence-electron chi connectivity index (χ0n) is 17.4. The van der Waals surface area contributed by atoms with Crippen molar-refractivity contribution >= 4 is 51.7 Å². The van der Waals surface area contributed by atoms with Gasteiger partial charge in [0, 0.05) is 34.7 Å². The number of amides is 1. The zero-order valence-corrected chi connectivity index (χ0v) is 19.7. The largest absolute Gasteiger partial charge is 0.318 e. The summed E-state index contributed by atoms with van der Waals surface area (Å²) >= 11 is 14.2. The number of anilines is 1. The molecule has 0 aromatic heterocycles. The Morgan fingerprint density at radius 3 is 2.77 bits per heavy atom. The van der Waals surface area contributed by atoms with E-state index in [9.17, 15) is 4.79 Å². The molecule has 9 heteroatoms. The van der Waals surface area contributed by atoms with Crippen molar-refractivity contribution in [3.05, 3.63) is 57.1 Å². The number of nitrogens with one attached hydrogen (secondary N) is 1. The van der Waals surface area contributed by atoms with Gasteiger partial charge < -0.3 is 9.80 Å². The lowest BCUT2D eigenvalue weighted by molar-refractivity contribution is -0.120. The fourth-order valence-electron chi connectivity index (χ4n) is 3.89. The van der Waals surface area contributed by atoms with Gasteiger partial charge in [0.15, 0.2) is 11.4 Å². The first kappa shape index (κ1) is 21.1. The summed E-state index contributed by atoms with van der Waals surface area (Å²) in [6, 6.07) is 9.64. The predicted molar refractivity (Wildman–Crippen MR) is 125 cm³/mol. The maximum absolute atomic E-state index is 13.3. The van der Waals surface area contributed by atoms with E-state index in [-0.39, 0.29) is 11.4 Å². The molecule has 1 unspecified atom stereocenters. The normalized spacial score (nSPS) is 19.6. The Hall–Kier alpha value is -1.77. The Labute approximate surface area is 195 Å². The minimum atomic E-state index is -0.608. The van der Waals surface area contributed by atoms with E-state index >= 15 is 0 Å². The number of rotatable bonds is 4. The second kappa shape index (κ2) is 7.67. The lowest BCUT2D eigenvalue weighted by Gasteiger charge is -2.29. The molecule has 0 bridgehead atoms. The van der Waals surface area contributed by atoms with E-state index in [4.69, 9.17) is 28.0 Å². The average Bonchev–Trinajstić information content (AvgIpc) is 3.35. The minimum absolute atomic E-state index is 0.132. The summed E-state index contributed by atoms with van der Waals surface area (Å²) in [5, 5.41) is 1.81. The number of nitrogens with zero attached hydrogens (tertiary/aromatic N) is 3. The Kier molecular flexibility index (Phi) is 5.22. The van der Waals surface area contributed by atoms with Crippen molar-refractivity contribution in [3.63, 3.8) is 0 Å². The van der Waals surface area contributed by atoms with Crippen molar-refractivity contribution in [2.45, 2.75) is 44.0 Å². The molecule has 0 fully saturated rings. The maximum atomic E-state index is 13.3. The number of thioether (sulfide) groups is 1. The van der Waals surface area contributed by atoms with Gasteiger partial charge in [0.1, 0.15) is 0 Å². The molecule has 0 aliphatic carbocycles. The number of benzene rings is 2. The molecule has 31 heavy (non-hydrogen) atoms. The van der Waals surface area contributed by atoms with Crippen LogP contribution in [-0.2, 0) is 11.4 Å². The zero-order chi connectivity index (χ0) is 21.9. The Bertz CT molecular complexity index is 1120. The summed E-state index contributed by atoms with van der Waals surface area (Å²) in [7, 11) is 0. The molecule has 0 saturated carbocycles. The third kappa shape index (κ3) is 3.83. The number of halogens is 2. The molecule has 1 N–H and O–H groups in total. The standard InChI is InChI=1S/C22H22Cl2N4O2S/c1-22(2,3)26-30-20-14-10-16(24)15(23)9-13(14)19(29)28(20)11-12-4-5-18-17(8-12)27-7-6-25-21(27)31-18/h4-5,8-10,20,26H,6-7,11H2,1-3H3. The van der Waals surface area contributed by atoms with Crippen molar-refractivity contribution in [3.8, 4) is 0 Å². The van der Waals surface area contributed by atoms with E-state index < -0.39 is 6.23 Å².